The van der Waals surface area contributed by atoms with Crippen molar-refractivity contribution < 1.29 is 9.59 Å². The maximum atomic E-state index is 12.6. The Hall–Kier alpha value is -1.79. The Morgan fingerprint density at radius 3 is 2.36 bits per heavy atom. The van der Waals surface area contributed by atoms with Crippen molar-refractivity contribution in [2.45, 2.75) is 83.2 Å². The van der Waals surface area contributed by atoms with Crippen LogP contribution in [0.1, 0.15) is 71.1 Å². The second-order valence-electron chi connectivity index (χ2n) is 8.49. The van der Waals surface area contributed by atoms with Crippen LogP contribution in [-0.2, 0) is 9.59 Å². The molecule has 1 atom stereocenters. The molecule has 1 aliphatic heterocycles. The molecule has 1 saturated heterocycles. The molecule has 0 aromatic carbocycles. The van der Waals surface area contributed by atoms with Crippen molar-refractivity contribution >= 4 is 17.8 Å². The summed E-state index contributed by atoms with van der Waals surface area (Å²) < 4.78 is 0. The monoisotopic (exact) mass is 391 g/mol. The van der Waals surface area contributed by atoms with Gasteiger partial charge in [-0.05, 0) is 39.0 Å². The first kappa shape index (κ1) is 20.9. The number of aliphatic imine (C=N–C) groups is 1. The standard InChI is InChI=1S/C21H37N5O2/c1-2-22-21(23-14-19(27)24-17-10-4-3-5-11-17)25-18-12-13-26(15-18)20(28)16-8-6-7-9-16/h16-18H,2-15H2,1H3,(H,24,27)(H2,22,23,25). The van der Waals surface area contributed by atoms with E-state index in [1.54, 1.807) is 0 Å². The summed E-state index contributed by atoms with van der Waals surface area (Å²) >= 11 is 0. The van der Waals surface area contributed by atoms with Gasteiger partial charge in [-0.1, -0.05) is 32.1 Å². The SMILES string of the molecule is CCNC(=NCC(=O)NC1CCCCC1)NC1CCN(C(=O)C2CCCC2)C1. The van der Waals surface area contributed by atoms with Gasteiger partial charge in [0.05, 0.1) is 0 Å². The zero-order valence-corrected chi connectivity index (χ0v) is 17.3. The summed E-state index contributed by atoms with van der Waals surface area (Å²) in [6, 6.07) is 0.515. The van der Waals surface area contributed by atoms with Crippen LogP contribution in [0, 0.1) is 5.92 Å². The maximum absolute atomic E-state index is 12.6. The van der Waals surface area contributed by atoms with Gasteiger partial charge in [-0.15, -0.1) is 0 Å². The predicted molar refractivity (Wildman–Crippen MR) is 111 cm³/mol. The summed E-state index contributed by atoms with van der Waals surface area (Å²) in [5.74, 6) is 1.23. The molecule has 3 rings (SSSR count). The molecule has 0 radical (unpaired) electrons. The normalized spacial score (nSPS) is 24.4. The molecule has 0 spiro atoms. The summed E-state index contributed by atoms with van der Waals surface area (Å²) in [5.41, 5.74) is 0. The molecular formula is C21H37N5O2. The third kappa shape index (κ3) is 6.11. The number of likely N-dealkylation sites (tertiary alicyclic amines) is 1. The van der Waals surface area contributed by atoms with E-state index in [4.69, 9.17) is 0 Å². The van der Waals surface area contributed by atoms with Gasteiger partial charge in [0.15, 0.2) is 5.96 Å². The first-order valence-corrected chi connectivity index (χ1v) is 11.3. The Morgan fingerprint density at radius 1 is 0.929 bits per heavy atom. The molecular weight excluding hydrogens is 354 g/mol. The lowest BCUT2D eigenvalue weighted by Gasteiger charge is -2.23. The van der Waals surface area contributed by atoms with E-state index < -0.39 is 0 Å². The Balaban J connectivity index is 1.45. The molecule has 28 heavy (non-hydrogen) atoms. The van der Waals surface area contributed by atoms with E-state index in [1.807, 2.05) is 11.8 Å². The molecule has 3 N–H and O–H groups in total. The van der Waals surface area contributed by atoms with Gasteiger partial charge in [0, 0.05) is 37.6 Å². The van der Waals surface area contributed by atoms with Crippen LogP contribution < -0.4 is 16.0 Å². The van der Waals surface area contributed by atoms with Crippen molar-refractivity contribution in [3.63, 3.8) is 0 Å². The van der Waals surface area contributed by atoms with Gasteiger partial charge in [0.1, 0.15) is 6.54 Å². The lowest BCUT2D eigenvalue weighted by atomic mass is 9.95. The van der Waals surface area contributed by atoms with Crippen molar-refractivity contribution in [3.8, 4) is 0 Å². The van der Waals surface area contributed by atoms with Crippen LogP contribution in [0.15, 0.2) is 4.99 Å². The van der Waals surface area contributed by atoms with Gasteiger partial charge in [0.2, 0.25) is 11.8 Å². The Morgan fingerprint density at radius 2 is 1.64 bits per heavy atom. The van der Waals surface area contributed by atoms with E-state index in [0.717, 1.165) is 51.7 Å². The highest BCUT2D eigenvalue weighted by Crippen LogP contribution is 2.27. The average Bonchev–Trinajstić information content (AvgIpc) is 3.39. The van der Waals surface area contributed by atoms with Crippen molar-refractivity contribution in [1.82, 2.24) is 20.9 Å². The van der Waals surface area contributed by atoms with Crippen LogP contribution in [0.4, 0.5) is 0 Å². The third-order valence-corrected chi connectivity index (χ3v) is 6.24. The number of carbonyl (C=O) groups is 2. The number of guanidine groups is 1. The van der Waals surface area contributed by atoms with Crippen LogP contribution in [0.5, 0.6) is 0 Å². The van der Waals surface area contributed by atoms with E-state index in [0.29, 0.717) is 17.9 Å². The van der Waals surface area contributed by atoms with E-state index in [-0.39, 0.29) is 24.4 Å². The minimum atomic E-state index is -0.00596. The Kier molecular flexibility index (Phi) is 7.98. The van der Waals surface area contributed by atoms with E-state index in [9.17, 15) is 9.59 Å². The molecule has 2 amide bonds. The lowest BCUT2D eigenvalue weighted by molar-refractivity contribution is -0.134. The first-order chi connectivity index (χ1) is 13.7. The molecule has 3 fully saturated rings. The summed E-state index contributed by atoms with van der Waals surface area (Å²) in [6.07, 6.45) is 11.3. The van der Waals surface area contributed by atoms with Gasteiger partial charge in [0.25, 0.3) is 0 Å². The predicted octanol–water partition coefficient (Wildman–Crippen LogP) is 1.78. The molecule has 1 heterocycles. The van der Waals surface area contributed by atoms with Crippen LogP contribution in [0.25, 0.3) is 0 Å². The largest absolute Gasteiger partial charge is 0.357 e. The van der Waals surface area contributed by atoms with E-state index in [1.165, 1.54) is 32.1 Å². The second kappa shape index (κ2) is 10.7. The second-order valence-corrected chi connectivity index (χ2v) is 8.49. The molecule has 1 unspecified atom stereocenters. The topological polar surface area (TPSA) is 85.8 Å². The first-order valence-electron chi connectivity index (χ1n) is 11.3. The smallest absolute Gasteiger partial charge is 0.242 e. The number of hydrogen-bond acceptors (Lipinski definition) is 3. The van der Waals surface area contributed by atoms with Crippen LogP contribution in [0.2, 0.25) is 0 Å². The zero-order valence-electron chi connectivity index (χ0n) is 17.3. The number of hydrogen-bond donors (Lipinski definition) is 3. The van der Waals surface area contributed by atoms with Crippen LogP contribution in [0.3, 0.4) is 0 Å². The van der Waals surface area contributed by atoms with Gasteiger partial charge < -0.3 is 20.9 Å². The molecule has 0 aromatic heterocycles. The number of amides is 2. The average molecular weight is 392 g/mol. The number of nitrogens with one attached hydrogen (secondary N) is 3. The minimum absolute atomic E-state index is 0.00596. The van der Waals surface area contributed by atoms with Gasteiger partial charge in [-0.25, -0.2) is 4.99 Å². The van der Waals surface area contributed by atoms with Gasteiger partial charge in [-0.2, -0.15) is 0 Å². The van der Waals surface area contributed by atoms with Crippen LogP contribution >= 0.6 is 0 Å². The molecule has 0 bridgehead atoms. The van der Waals surface area contributed by atoms with Gasteiger partial charge in [-0.3, -0.25) is 9.59 Å². The van der Waals surface area contributed by atoms with Crippen LogP contribution in [-0.4, -0.2) is 60.9 Å². The quantitative estimate of drug-likeness (QED) is 0.476. The molecule has 7 heteroatoms. The van der Waals surface area contributed by atoms with E-state index in [2.05, 4.69) is 20.9 Å². The molecule has 7 nitrogen and oxygen atoms in total. The number of nitrogens with zero attached hydrogens (tertiary/aromatic N) is 2. The summed E-state index contributed by atoms with van der Waals surface area (Å²) in [4.78, 5) is 31.3. The van der Waals surface area contributed by atoms with Crippen molar-refractivity contribution in [2.24, 2.45) is 10.9 Å². The van der Waals surface area contributed by atoms with Crippen molar-refractivity contribution in [3.05, 3.63) is 0 Å². The molecule has 158 valence electrons. The fraction of sp³-hybridized carbons (Fsp3) is 0.857. The third-order valence-electron chi connectivity index (χ3n) is 6.24. The maximum Gasteiger partial charge on any atom is 0.242 e. The highest BCUT2D eigenvalue weighted by Gasteiger charge is 2.32. The van der Waals surface area contributed by atoms with Crippen molar-refractivity contribution in [2.75, 3.05) is 26.2 Å². The molecule has 3 aliphatic rings. The Labute approximate surface area is 169 Å². The molecule has 2 aliphatic carbocycles. The number of rotatable bonds is 6. The molecule has 0 aromatic rings. The Bertz CT molecular complexity index is 553. The van der Waals surface area contributed by atoms with E-state index >= 15 is 0 Å². The highest BCUT2D eigenvalue weighted by molar-refractivity contribution is 5.85. The minimum Gasteiger partial charge on any atom is -0.357 e. The fourth-order valence-electron chi connectivity index (χ4n) is 4.69. The summed E-state index contributed by atoms with van der Waals surface area (Å²) in [6.45, 7) is 4.45. The summed E-state index contributed by atoms with van der Waals surface area (Å²) in [5, 5.41) is 9.75. The zero-order chi connectivity index (χ0) is 19.8. The van der Waals surface area contributed by atoms with Crippen molar-refractivity contribution in [1.29, 1.82) is 0 Å². The fourth-order valence-corrected chi connectivity index (χ4v) is 4.69. The summed E-state index contributed by atoms with van der Waals surface area (Å²) in [7, 11) is 0. The molecule has 2 saturated carbocycles. The number of carbonyl (C=O) groups excluding carboxylic acids is 2. The lowest BCUT2D eigenvalue weighted by Crippen LogP contribution is -2.46. The van der Waals surface area contributed by atoms with Gasteiger partial charge >= 0.3 is 0 Å². The highest BCUT2D eigenvalue weighted by atomic mass is 16.2.